The molecule has 1 aliphatic rings. The summed E-state index contributed by atoms with van der Waals surface area (Å²) in [5, 5.41) is 3.53. The lowest BCUT2D eigenvalue weighted by Crippen LogP contribution is -2.50. The second kappa shape index (κ2) is 6.53. The molecule has 0 bridgehead atoms. The van der Waals surface area contributed by atoms with Gasteiger partial charge in [0.1, 0.15) is 0 Å². The van der Waals surface area contributed by atoms with Crippen LogP contribution in [0, 0.1) is 20.8 Å². The van der Waals surface area contributed by atoms with Crippen LogP contribution in [0.3, 0.4) is 0 Å². The van der Waals surface area contributed by atoms with Gasteiger partial charge in [0.15, 0.2) is 0 Å². The molecule has 2 nitrogen and oxygen atoms in total. The first-order chi connectivity index (χ1) is 9.11. The van der Waals surface area contributed by atoms with Crippen molar-refractivity contribution < 1.29 is 0 Å². The Morgan fingerprint density at radius 2 is 1.89 bits per heavy atom. The third-order valence-corrected chi connectivity index (χ3v) is 4.30. The fourth-order valence-electron chi connectivity index (χ4n) is 3.29. The summed E-state index contributed by atoms with van der Waals surface area (Å²) in [5.74, 6) is 0. The van der Waals surface area contributed by atoms with Gasteiger partial charge in [-0.05, 0) is 43.9 Å². The normalized spacial score (nSPS) is 20.7. The van der Waals surface area contributed by atoms with Gasteiger partial charge in [-0.25, -0.2) is 0 Å². The number of benzene rings is 1. The van der Waals surface area contributed by atoms with Gasteiger partial charge >= 0.3 is 0 Å². The number of hydrogen-bond acceptors (Lipinski definition) is 2. The predicted octanol–water partition coefficient (Wildman–Crippen LogP) is 3.19. The van der Waals surface area contributed by atoms with Crippen LogP contribution < -0.4 is 5.32 Å². The Balaban J connectivity index is 2.15. The van der Waals surface area contributed by atoms with Crippen LogP contribution in [0.25, 0.3) is 0 Å². The molecule has 1 aromatic carbocycles. The Bertz CT molecular complexity index is 400. The fraction of sp³-hybridized carbons (Fsp3) is 0.647. The molecule has 1 fully saturated rings. The van der Waals surface area contributed by atoms with E-state index in [1.807, 2.05) is 0 Å². The highest BCUT2D eigenvalue weighted by Crippen LogP contribution is 2.21. The highest BCUT2D eigenvalue weighted by atomic mass is 15.2. The summed E-state index contributed by atoms with van der Waals surface area (Å²) in [6, 6.07) is 5.34. The molecule has 1 aliphatic heterocycles. The fourth-order valence-corrected chi connectivity index (χ4v) is 3.29. The summed E-state index contributed by atoms with van der Waals surface area (Å²) < 4.78 is 0. The number of nitrogens with one attached hydrogen (secondary N) is 1. The van der Waals surface area contributed by atoms with Crippen molar-refractivity contribution in [1.29, 1.82) is 0 Å². The summed E-state index contributed by atoms with van der Waals surface area (Å²) in [7, 11) is 0. The minimum atomic E-state index is 0.707. The number of hydrogen-bond donors (Lipinski definition) is 1. The molecule has 1 N–H and O–H groups in total. The number of aryl methyl sites for hydroxylation is 3. The van der Waals surface area contributed by atoms with Gasteiger partial charge in [0, 0.05) is 32.2 Å². The van der Waals surface area contributed by atoms with Crippen molar-refractivity contribution in [2.24, 2.45) is 0 Å². The average molecular weight is 260 g/mol. The second-order valence-corrected chi connectivity index (χ2v) is 5.99. The number of piperazine rings is 1. The average Bonchev–Trinajstić information content (AvgIpc) is 2.36. The SMILES string of the molecule is CCCC1CNCCN1Cc1c(C)cc(C)cc1C. The molecule has 1 heterocycles. The van der Waals surface area contributed by atoms with E-state index in [1.54, 1.807) is 0 Å². The van der Waals surface area contributed by atoms with Crippen LogP contribution in [0.2, 0.25) is 0 Å². The first-order valence-corrected chi connectivity index (χ1v) is 7.63. The zero-order chi connectivity index (χ0) is 13.8. The van der Waals surface area contributed by atoms with E-state index in [2.05, 4.69) is 50.0 Å². The van der Waals surface area contributed by atoms with E-state index in [0.717, 1.165) is 19.6 Å². The van der Waals surface area contributed by atoms with Crippen molar-refractivity contribution in [2.75, 3.05) is 19.6 Å². The molecule has 1 saturated heterocycles. The minimum absolute atomic E-state index is 0.707. The summed E-state index contributed by atoms with van der Waals surface area (Å²) in [6.07, 6.45) is 2.58. The van der Waals surface area contributed by atoms with E-state index in [4.69, 9.17) is 0 Å². The van der Waals surface area contributed by atoms with Gasteiger partial charge in [-0.3, -0.25) is 4.90 Å². The smallest absolute Gasteiger partial charge is 0.0243 e. The molecule has 0 spiro atoms. The van der Waals surface area contributed by atoms with Crippen LogP contribution in [0.5, 0.6) is 0 Å². The van der Waals surface area contributed by atoms with Crippen LogP contribution in [0.15, 0.2) is 12.1 Å². The van der Waals surface area contributed by atoms with Crippen LogP contribution in [0.4, 0.5) is 0 Å². The number of rotatable bonds is 4. The van der Waals surface area contributed by atoms with E-state index in [9.17, 15) is 0 Å². The molecule has 0 aliphatic carbocycles. The molecule has 1 aromatic rings. The van der Waals surface area contributed by atoms with Gasteiger partial charge in [-0.1, -0.05) is 31.0 Å². The zero-order valence-corrected chi connectivity index (χ0v) is 12.9. The van der Waals surface area contributed by atoms with Crippen molar-refractivity contribution >= 4 is 0 Å². The molecule has 2 heteroatoms. The lowest BCUT2D eigenvalue weighted by atomic mass is 9.98. The van der Waals surface area contributed by atoms with Crippen molar-refractivity contribution in [3.8, 4) is 0 Å². The Labute approximate surface area is 118 Å². The maximum absolute atomic E-state index is 3.53. The Kier molecular flexibility index (Phi) is 5.00. The molecule has 0 radical (unpaired) electrons. The summed E-state index contributed by atoms with van der Waals surface area (Å²) in [5.41, 5.74) is 5.82. The Morgan fingerprint density at radius 1 is 1.21 bits per heavy atom. The maximum Gasteiger partial charge on any atom is 0.0243 e. The molecular weight excluding hydrogens is 232 g/mol. The van der Waals surface area contributed by atoms with Crippen molar-refractivity contribution in [1.82, 2.24) is 10.2 Å². The quantitative estimate of drug-likeness (QED) is 0.894. The molecule has 0 saturated carbocycles. The lowest BCUT2D eigenvalue weighted by Gasteiger charge is -2.37. The number of nitrogens with zero attached hydrogens (tertiary/aromatic N) is 1. The Hall–Kier alpha value is -0.860. The topological polar surface area (TPSA) is 15.3 Å². The third-order valence-electron chi connectivity index (χ3n) is 4.30. The van der Waals surface area contributed by atoms with Gasteiger partial charge in [-0.15, -0.1) is 0 Å². The monoisotopic (exact) mass is 260 g/mol. The third kappa shape index (κ3) is 3.58. The van der Waals surface area contributed by atoms with Crippen molar-refractivity contribution in [3.05, 3.63) is 34.4 Å². The molecule has 1 atom stereocenters. The highest BCUT2D eigenvalue weighted by molar-refractivity contribution is 5.37. The Morgan fingerprint density at radius 3 is 2.53 bits per heavy atom. The van der Waals surface area contributed by atoms with Crippen molar-refractivity contribution in [3.63, 3.8) is 0 Å². The van der Waals surface area contributed by atoms with E-state index in [1.165, 1.54) is 41.6 Å². The van der Waals surface area contributed by atoms with E-state index in [0.29, 0.717) is 6.04 Å². The van der Waals surface area contributed by atoms with Gasteiger partial charge in [-0.2, -0.15) is 0 Å². The van der Waals surface area contributed by atoms with Crippen LogP contribution in [-0.2, 0) is 6.54 Å². The van der Waals surface area contributed by atoms with Gasteiger partial charge < -0.3 is 5.32 Å². The molecular formula is C17H28N2. The van der Waals surface area contributed by atoms with Crippen LogP contribution in [-0.4, -0.2) is 30.6 Å². The molecule has 106 valence electrons. The largest absolute Gasteiger partial charge is 0.314 e. The van der Waals surface area contributed by atoms with E-state index in [-0.39, 0.29) is 0 Å². The summed E-state index contributed by atoms with van der Waals surface area (Å²) >= 11 is 0. The van der Waals surface area contributed by atoms with Gasteiger partial charge in [0.25, 0.3) is 0 Å². The first-order valence-electron chi connectivity index (χ1n) is 7.63. The zero-order valence-electron chi connectivity index (χ0n) is 12.9. The molecule has 2 rings (SSSR count). The predicted molar refractivity (Wildman–Crippen MR) is 82.6 cm³/mol. The van der Waals surface area contributed by atoms with Crippen LogP contribution >= 0.6 is 0 Å². The first kappa shape index (κ1) is 14.5. The van der Waals surface area contributed by atoms with Crippen molar-refractivity contribution in [2.45, 2.75) is 53.1 Å². The van der Waals surface area contributed by atoms with Crippen LogP contribution in [0.1, 0.15) is 42.0 Å². The standard InChI is InChI=1S/C17H28N2/c1-5-6-16-11-18-7-8-19(16)12-17-14(3)9-13(2)10-15(17)4/h9-10,16,18H,5-8,11-12H2,1-4H3. The second-order valence-electron chi connectivity index (χ2n) is 5.99. The molecule has 1 unspecified atom stereocenters. The molecule has 19 heavy (non-hydrogen) atoms. The summed E-state index contributed by atoms with van der Waals surface area (Å²) in [6.45, 7) is 13.6. The van der Waals surface area contributed by atoms with Gasteiger partial charge in [0.05, 0.1) is 0 Å². The molecule has 0 amide bonds. The van der Waals surface area contributed by atoms with E-state index < -0.39 is 0 Å². The van der Waals surface area contributed by atoms with Gasteiger partial charge in [0.2, 0.25) is 0 Å². The maximum atomic E-state index is 3.53. The highest BCUT2D eigenvalue weighted by Gasteiger charge is 2.22. The van der Waals surface area contributed by atoms with E-state index >= 15 is 0 Å². The summed E-state index contributed by atoms with van der Waals surface area (Å²) in [4.78, 5) is 2.67. The lowest BCUT2D eigenvalue weighted by molar-refractivity contribution is 0.144. The molecule has 0 aromatic heterocycles. The minimum Gasteiger partial charge on any atom is -0.314 e.